The number of fused-ring (bicyclic) bond motifs is 1. The second kappa shape index (κ2) is 9.58. The molecule has 2 aromatic carbocycles. The summed E-state index contributed by atoms with van der Waals surface area (Å²) < 4.78 is 37.0. The first-order valence-corrected chi connectivity index (χ1v) is 12.0. The van der Waals surface area contributed by atoms with Crippen LogP contribution in [0, 0.1) is 0 Å². The molecule has 0 bridgehead atoms. The minimum absolute atomic E-state index is 0.0536. The average Bonchev–Trinajstić information content (AvgIpc) is 2.86. The quantitative estimate of drug-likeness (QED) is 0.327. The van der Waals surface area contributed by atoms with Crippen LogP contribution < -0.4 is 15.5 Å². The molecule has 0 spiro atoms. The third kappa shape index (κ3) is 4.47. The molecule has 4 rings (SSSR count). The molecule has 2 atom stereocenters. The first-order chi connectivity index (χ1) is 16.8. The van der Waals surface area contributed by atoms with E-state index in [0.29, 0.717) is 11.4 Å². The number of rotatable bonds is 7. The highest BCUT2D eigenvalue weighted by atomic mass is 32.2. The Balaban J connectivity index is 1.61. The molecular formula is C23H22N4O7S. The maximum absolute atomic E-state index is 13.4. The van der Waals surface area contributed by atoms with E-state index < -0.39 is 50.7 Å². The minimum atomic E-state index is -4.28. The third-order valence-corrected chi connectivity index (χ3v) is 7.47. The van der Waals surface area contributed by atoms with Gasteiger partial charge in [0.15, 0.2) is 17.0 Å². The summed E-state index contributed by atoms with van der Waals surface area (Å²) in [6, 6.07) is 15.7. The van der Waals surface area contributed by atoms with Crippen molar-refractivity contribution in [2.24, 2.45) is 5.10 Å². The number of ether oxygens (including phenoxy) is 2. The zero-order chi connectivity index (χ0) is 25.2. The Morgan fingerprint density at radius 3 is 2.31 bits per heavy atom. The maximum atomic E-state index is 13.4. The number of methoxy groups -OCH3 is 1. The summed E-state index contributed by atoms with van der Waals surface area (Å²) in [7, 11) is -3.17. The molecule has 2 heterocycles. The molecule has 1 saturated heterocycles. The highest BCUT2D eigenvalue weighted by Crippen LogP contribution is 2.38. The van der Waals surface area contributed by atoms with Crippen LogP contribution in [0.3, 0.4) is 0 Å². The molecule has 11 nitrogen and oxygen atoms in total. The second-order valence-corrected chi connectivity index (χ2v) is 9.61. The summed E-state index contributed by atoms with van der Waals surface area (Å²) in [6.07, 6.45) is 0. The van der Waals surface area contributed by atoms with Crippen LogP contribution in [0.1, 0.15) is 6.92 Å². The minimum Gasteiger partial charge on any atom is -0.484 e. The lowest BCUT2D eigenvalue weighted by atomic mass is 10.0. The van der Waals surface area contributed by atoms with Crippen molar-refractivity contribution in [1.29, 1.82) is 0 Å². The monoisotopic (exact) mass is 498 g/mol. The average molecular weight is 499 g/mol. The van der Waals surface area contributed by atoms with Gasteiger partial charge in [-0.3, -0.25) is 19.9 Å². The SMILES string of the molecule is COC(=O)C1=C(C)/C(=N/Nc2ccccc2)S(=O)(=O)[C@@H]2[C@H](NC(=O)COc3ccccc3)C(=O)N12. The number of carbonyl (C=O) groups is 3. The van der Waals surface area contributed by atoms with E-state index >= 15 is 0 Å². The molecule has 12 heteroatoms. The molecule has 182 valence electrons. The highest BCUT2D eigenvalue weighted by molar-refractivity contribution is 8.07. The number of nitrogens with one attached hydrogen (secondary N) is 2. The largest absolute Gasteiger partial charge is 0.484 e. The fourth-order valence-electron chi connectivity index (χ4n) is 3.77. The number of benzene rings is 2. The number of amides is 2. The van der Waals surface area contributed by atoms with Crippen molar-refractivity contribution in [2.45, 2.75) is 18.3 Å². The van der Waals surface area contributed by atoms with Gasteiger partial charge < -0.3 is 14.8 Å². The number of para-hydroxylation sites is 2. The molecule has 0 aliphatic carbocycles. The van der Waals surface area contributed by atoms with Crippen molar-refractivity contribution in [3.63, 3.8) is 0 Å². The Morgan fingerprint density at radius 2 is 1.69 bits per heavy atom. The van der Waals surface area contributed by atoms with Gasteiger partial charge in [0.05, 0.1) is 12.8 Å². The number of hydrogen-bond donors (Lipinski definition) is 2. The number of nitrogens with zero attached hydrogens (tertiary/aromatic N) is 2. The van der Waals surface area contributed by atoms with E-state index in [2.05, 4.69) is 15.8 Å². The summed E-state index contributed by atoms with van der Waals surface area (Å²) in [5, 5.41) is 4.42. The predicted molar refractivity (Wildman–Crippen MR) is 126 cm³/mol. The summed E-state index contributed by atoms with van der Waals surface area (Å²) in [5.41, 5.74) is 2.86. The van der Waals surface area contributed by atoms with Crippen LogP contribution in [0.25, 0.3) is 0 Å². The Bertz CT molecular complexity index is 1320. The third-order valence-electron chi connectivity index (χ3n) is 5.42. The van der Waals surface area contributed by atoms with E-state index in [0.717, 1.165) is 12.0 Å². The summed E-state index contributed by atoms with van der Waals surface area (Å²) >= 11 is 0. The molecule has 2 amide bonds. The van der Waals surface area contributed by atoms with Gasteiger partial charge in [0.2, 0.25) is 9.84 Å². The smallest absolute Gasteiger partial charge is 0.355 e. The van der Waals surface area contributed by atoms with Crippen LogP contribution in [0.2, 0.25) is 0 Å². The van der Waals surface area contributed by atoms with Crippen molar-refractivity contribution < 1.29 is 32.3 Å². The molecule has 0 unspecified atom stereocenters. The topological polar surface area (TPSA) is 143 Å². The van der Waals surface area contributed by atoms with E-state index in [9.17, 15) is 22.8 Å². The zero-order valence-electron chi connectivity index (χ0n) is 18.8. The summed E-state index contributed by atoms with van der Waals surface area (Å²) in [6.45, 7) is 0.925. The lowest BCUT2D eigenvalue weighted by molar-refractivity contribution is -0.152. The van der Waals surface area contributed by atoms with Gasteiger partial charge in [0.25, 0.3) is 11.8 Å². The van der Waals surface area contributed by atoms with E-state index in [1.165, 1.54) is 6.92 Å². The van der Waals surface area contributed by atoms with Gasteiger partial charge in [-0.05, 0) is 31.2 Å². The van der Waals surface area contributed by atoms with Crippen molar-refractivity contribution in [3.8, 4) is 5.75 Å². The normalized spacial score (nSPS) is 21.6. The van der Waals surface area contributed by atoms with Crippen LogP contribution >= 0.6 is 0 Å². The molecule has 0 aromatic heterocycles. The molecule has 2 aromatic rings. The highest BCUT2D eigenvalue weighted by Gasteiger charge is 2.62. The fourth-order valence-corrected chi connectivity index (χ4v) is 5.72. The maximum Gasteiger partial charge on any atom is 0.355 e. The first-order valence-electron chi connectivity index (χ1n) is 10.5. The molecule has 2 aliphatic rings. The van der Waals surface area contributed by atoms with Crippen LogP contribution in [-0.2, 0) is 29.0 Å². The summed E-state index contributed by atoms with van der Waals surface area (Å²) in [5.74, 6) is -1.93. The molecule has 0 radical (unpaired) electrons. The van der Waals surface area contributed by atoms with Gasteiger partial charge in [-0.1, -0.05) is 36.4 Å². The Morgan fingerprint density at radius 1 is 1.06 bits per heavy atom. The van der Waals surface area contributed by atoms with E-state index in [1.807, 2.05) is 0 Å². The number of sulfone groups is 1. The molecule has 35 heavy (non-hydrogen) atoms. The number of anilines is 1. The predicted octanol–water partition coefficient (Wildman–Crippen LogP) is 1.02. The lowest BCUT2D eigenvalue weighted by Gasteiger charge is -2.48. The second-order valence-electron chi connectivity index (χ2n) is 7.65. The van der Waals surface area contributed by atoms with Crippen molar-refractivity contribution in [3.05, 3.63) is 71.9 Å². The fraction of sp³-hybridized carbons (Fsp3) is 0.217. The van der Waals surface area contributed by atoms with Gasteiger partial charge >= 0.3 is 5.97 Å². The van der Waals surface area contributed by atoms with Gasteiger partial charge in [0.1, 0.15) is 17.5 Å². The molecular weight excluding hydrogens is 476 g/mol. The Kier molecular flexibility index (Phi) is 6.56. The van der Waals surface area contributed by atoms with Gasteiger partial charge in [0, 0.05) is 5.57 Å². The van der Waals surface area contributed by atoms with Crippen LogP contribution in [0.5, 0.6) is 5.75 Å². The Labute approximate surface area is 201 Å². The van der Waals surface area contributed by atoms with Crippen LogP contribution in [0.4, 0.5) is 5.69 Å². The lowest BCUT2D eigenvalue weighted by Crippen LogP contribution is -2.75. The van der Waals surface area contributed by atoms with Crippen molar-refractivity contribution in [1.82, 2.24) is 10.2 Å². The molecule has 0 saturated carbocycles. The number of carbonyl (C=O) groups excluding carboxylic acids is 3. The van der Waals surface area contributed by atoms with E-state index in [-0.39, 0.29) is 11.3 Å². The van der Waals surface area contributed by atoms with Gasteiger partial charge in [-0.15, -0.1) is 0 Å². The van der Waals surface area contributed by atoms with Gasteiger partial charge in [-0.2, -0.15) is 5.10 Å². The zero-order valence-corrected chi connectivity index (χ0v) is 19.6. The van der Waals surface area contributed by atoms with E-state index in [4.69, 9.17) is 9.47 Å². The van der Waals surface area contributed by atoms with Crippen molar-refractivity contribution in [2.75, 3.05) is 19.1 Å². The van der Waals surface area contributed by atoms with Crippen molar-refractivity contribution >= 4 is 38.4 Å². The number of esters is 1. The molecule has 1 fully saturated rings. The first kappa shape index (κ1) is 24.0. The Hall–Kier alpha value is -4.19. The molecule has 2 N–H and O–H groups in total. The van der Waals surface area contributed by atoms with Crippen LogP contribution in [0.15, 0.2) is 77.0 Å². The van der Waals surface area contributed by atoms with Crippen LogP contribution in [-0.4, -0.2) is 61.3 Å². The standard InChI is InChI=1S/C23H22N4O7S/c1-14-19(23(30)33-2)27-21(29)18(24-17(28)13-34-16-11-7-4-8-12-16)22(27)35(31,32)20(14)26-25-15-9-5-3-6-10-15/h3-12,18,22,25H,13H2,1-2H3,(H,24,28)/b26-20-/t18-,22-/m1/s1. The summed E-state index contributed by atoms with van der Waals surface area (Å²) in [4.78, 5) is 38.6. The van der Waals surface area contributed by atoms with Gasteiger partial charge in [-0.25, -0.2) is 13.2 Å². The number of β-lactam (4-membered cyclic amide) rings is 1. The molecule has 2 aliphatic heterocycles. The number of hydrazone groups is 1. The van der Waals surface area contributed by atoms with E-state index in [1.54, 1.807) is 60.7 Å². The number of hydrogen-bond acceptors (Lipinski definition) is 9.